The zero-order valence-electron chi connectivity index (χ0n) is 22.1. The van der Waals surface area contributed by atoms with Gasteiger partial charge in [0, 0.05) is 6.92 Å². The van der Waals surface area contributed by atoms with Crippen LogP contribution in [0.1, 0.15) is 119 Å². The molecule has 0 N–H and O–H groups in total. The highest BCUT2D eigenvalue weighted by Gasteiger charge is 2.60. The van der Waals surface area contributed by atoms with Gasteiger partial charge in [0.25, 0.3) is 0 Å². The number of hydrogen-bond donors (Lipinski definition) is 0. The van der Waals surface area contributed by atoms with Crippen LogP contribution in [0, 0.1) is 58.2 Å². The van der Waals surface area contributed by atoms with E-state index in [0.717, 1.165) is 35.5 Å². The molecule has 0 amide bonds. The second-order valence-corrected chi connectivity index (χ2v) is 13.4. The monoisotopic (exact) mass is 444 g/mol. The summed E-state index contributed by atoms with van der Waals surface area (Å²) in [5.41, 5.74) is 1.25. The molecule has 10 atom stereocenters. The standard InChI is InChI=1S/C30H52O2/c1-20(22(3)19-32-23(4)31)10-11-21(2)26-14-15-27-25-13-12-24-9-7-8-17-29(24,5)28(25)16-18-30(26,27)6/h20-22,24-28H,7-19H2,1-6H3/t20-,21+,22?,24?,25-,26+,27-,28-,29-,30+/m0/s1. The maximum Gasteiger partial charge on any atom is 0.302 e. The maximum absolute atomic E-state index is 11.2. The molecule has 4 fully saturated rings. The van der Waals surface area contributed by atoms with Gasteiger partial charge < -0.3 is 4.74 Å². The normalized spacial score (nSPS) is 44.0. The smallest absolute Gasteiger partial charge is 0.302 e. The maximum atomic E-state index is 11.2. The van der Waals surface area contributed by atoms with Crippen LogP contribution >= 0.6 is 0 Å². The van der Waals surface area contributed by atoms with Gasteiger partial charge in [-0.1, -0.05) is 60.3 Å². The minimum atomic E-state index is -0.144. The van der Waals surface area contributed by atoms with Crippen molar-refractivity contribution in [2.45, 2.75) is 119 Å². The number of esters is 1. The molecule has 0 aromatic rings. The van der Waals surface area contributed by atoms with Crippen LogP contribution in [-0.4, -0.2) is 12.6 Å². The van der Waals surface area contributed by atoms with E-state index in [0.29, 0.717) is 29.3 Å². The van der Waals surface area contributed by atoms with Gasteiger partial charge in [0.2, 0.25) is 0 Å². The summed E-state index contributed by atoms with van der Waals surface area (Å²) in [7, 11) is 0. The van der Waals surface area contributed by atoms with Gasteiger partial charge in [0.1, 0.15) is 0 Å². The Bertz CT molecular complexity index is 657. The average molecular weight is 445 g/mol. The first-order valence-corrected chi connectivity index (χ1v) is 14.3. The van der Waals surface area contributed by atoms with Gasteiger partial charge in [-0.3, -0.25) is 4.79 Å². The molecule has 184 valence electrons. The minimum Gasteiger partial charge on any atom is -0.466 e. The third kappa shape index (κ3) is 4.43. The van der Waals surface area contributed by atoms with Gasteiger partial charge in [-0.2, -0.15) is 0 Å². The number of carbonyl (C=O) groups excluding carboxylic acids is 1. The second-order valence-electron chi connectivity index (χ2n) is 13.4. The van der Waals surface area contributed by atoms with E-state index in [9.17, 15) is 4.79 Å². The van der Waals surface area contributed by atoms with Crippen molar-refractivity contribution < 1.29 is 9.53 Å². The Morgan fingerprint density at radius 2 is 1.59 bits per heavy atom. The molecule has 0 aliphatic heterocycles. The molecule has 0 bridgehead atoms. The van der Waals surface area contributed by atoms with Gasteiger partial charge in [-0.15, -0.1) is 0 Å². The van der Waals surface area contributed by atoms with Crippen molar-refractivity contribution in [1.29, 1.82) is 0 Å². The largest absolute Gasteiger partial charge is 0.466 e. The Kier molecular flexibility index (Phi) is 7.39. The molecule has 0 spiro atoms. The highest BCUT2D eigenvalue weighted by molar-refractivity contribution is 5.65. The van der Waals surface area contributed by atoms with Crippen LogP contribution in [0.15, 0.2) is 0 Å². The van der Waals surface area contributed by atoms with Crippen molar-refractivity contribution in [2.24, 2.45) is 58.2 Å². The van der Waals surface area contributed by atoms with Crippen molar-refractivity contribution in [1.82, 2.24) is 0 Å². The molecule has 0 aromatic carbocycles. The van der Waals surface area contributed by atoms with E-state index in [1.54, 1.807) is 0 Å². The molecule has 4 saturated carbocycles. The van der Waals surface area contributed by atoms with E-state index in [-0.39, 0.29) is 5.97 Å². The number of fused-ring (bicyclic) bond motifs is 5. The van der Waals surface area contributed by atoms with Gasteiger partial charge in [-0.05, 0) is 110 Å². The molecule has 2 heteroatoms. The highest BCUT2D eigenvalue weighted by Crippen LogP contribution is 2.68. The lowest BCUT2D eigenvalue weighted by Gasteiger charge is -2.61. The van der Waals surface area contributed by atoms with Crippen LogP contribution in [0.5, 0.6) is 0 Å². The molecule has 0 heterocycles. The van der Waals surface area contributed by atoms with Crippen LogP contribution in [0.4, 0.5) is 0 Å². The number of rotatable bonds is 7. The summed E-state index contributed by atoms with van der Waals surface area (Å²) < 4.78 is 5.28. The van der Waals surface area contributed by atoms with Crippen molar-refractivity contribution in [3.8, 4) is 0 Å². The molecule has 32 heavy (non-hydrogen) atoms. The predicted octanol–water partition coefficient (Wildman–Crippen LogP) is 8.29. The Balaban J connectivity index is 1.36. The van der Waals surface area contributed by atoms with Crippen LogP contribution in [0.2, 0.25) is 0 Å². The molecule has 0 aromatic heterocycles. The lowest BCUT2D eigenvalue weighted by atomic mass is 9.44. The van der Waals surface area contributed by atoms with Crippen LogP contribution in [0.25, 0.3) is 0 Å². The zero-order chi connectivity index (χ0) is 23.1. The first-order chi connectivity index (χ1) is 15.2. The Hall–Kier alpha value is -0.530. The molecule has 4 rings (SSSR count). The van der Waals surface area contributed by atoms with Crippen molar-refractivity contribution in [3.05, 3.63) is 0 Å². The van der Waals surface area contributed by atoms with Gasteiger partial charge >= 0.3 is 5.97 Å². The molecule has 4 aliphatic carbocycles. The van der Waals surface area contributed by atoms with E-state index in [1.807, 2.05) is 0 Å². The van der Waals surface area contributed by atoms with Gasteiger partial charge in [0.05, 0.1) is 6.61 Å². The third-order valence-corrected chi connectivity index (χ3v) is 11.9. The number of ether oxygens (including phenoxy) is 1. The SMILES string of the molecule is CC(=O)OCC(C)[C@@H](C)CC[C@@H](C)[C@H]1CC[C@H]2[C@@H]3CCC4CCCC[C@]4(C)[C@H]3CC[C@]12C. The quantitative estimate of drug-likeness (QED) is 0.369. The lowest BCUT2D eigenvalue weighted by Crippen LogP contribution is -2.53. The first kappa shape index (κ1) is 24.6. The van der Waals surface area contributed by atoms with E-state index in [1.165, 1.54) is 84.0 Å². The fraction of sp³-hybridized carbons (Fsp3) is 0.967. The Morgan fingerprint density at radius 1 is 0.844 bits per heavy atom. The lowest BCUT2D eigenvalue weighted by molar-refractivity contribution is -0.142. The summed E-state index contributed by atoms with van der Waals surface area (Å²) in [6.07, 6.45) is 17.7. The second kappa shape index (κ2) is 9.61. The Morgan fingerprint density at radius 3 is 2.34 bits per heavy atom. The summed E-state index contributed by atoms with van der Waals surface area (Å²) in [4.78, 5) is 11.2. The van der Waals surface area contributed by atoms with E-state index in [4.69, 9.17) is 4.74 Å². The van der Waals surface area contributed by atoms with E-state index >= 15 is 0 Å². The summed E-state index contributed by atoms with van der Waals surface area (Å²) in [5.74, 6) is 6.76. The molecule has 2 nitrogen and oxygen atoms in total. The summed E-state index contributed by atoms with van der Waals surface area (Å²) in [6, 6.07) is 0. The number of hydrogen-bond acceptors (Lipinski definition) is 2. The van der Waals surface area contributed by atoms with E-state index < -0.39 is 0 Å². The van der Waals surface area contributed by atoms with Crippen LogP contribution in [-0.2, 0) is 9.53 Å². The van der Waals surface area contributed by atoms with Crippen molar-refractivity contribution in [2.75, 3.05) is 6.61 Å². The molecule has 0 saturated heterocycles. The molecular formula is C30H52O2. The molecule has 0 radical (unpaired) electrons. The fourth-order valence-electron chi connectivity index (χ4n) is 9.70. The third-order valence-electron chi connectivity index (χ3n) is 11.9. The summed E-state index contributed by atoms with van der Waals surface area (Å²) in [5, 5.41) is 0. The minimum absolute atomic E-state index is 0.144. The topological polar surface area (TPSA) is 26.3 Å². The van der Waals surface area contributed by atoms with Gasteiger partial charge in [0.15, 0.2) is 0 Å². The zero-order valence-corrected chi connectivity index (χ0v) is 22.1. The molecule has 4 aliphatic rings. The number of carbonyl (C=O) groups is 1. The Labute approximate surface area is 199 Å². The summed E-state index contributed by atoms with van der Waals surface area (Å²) in [6.45, 7) is 14.7. The van der Waals surface area contributed by atoms with Crippen molar-refractivity contribution >= 4 is 5.97 Å². The van der Waals surface area contributed by atoms with Crippen molar-refractivity contribution in [3.63, 3.8) is 0 Å². The average Bonchev–Trinajstić information content (AvgIpc) is 3.12. The van der Waals surface area contributed by atoms with E-state index in [2.05, 4.69) is 34.6 Å². The van der Waals surface area contributed by atoms with Gasteiger partial charge in [-0.25, -0.2) is 0 Å². The van der Waals surface area contributed by atoms with Crippen LogP contribution in [0.3, 0.4) is 0 Å². The molecular weight excluding hydrogens is 392 g/mol. The van der Waals surface area contributed by atoms with Crippen LogP contribution < -0.4 is 0 Å². The molecule has 2 unspecified atom stereocenters. The predicted molar refractivity (Wildman–Crippen MR) is 133 cm³/mol. The highest BCUT2D eigenvalue weighted by atomic mass is 16.5. The summed E-state index contributed by atoms with van der Waals surface area (Å²) >= 11 is 0. The first-order valence-electron chi connectivity index (χ1n) is 14.3. The fourth-order valence-corrected chi connectivity index (χ4v) is 9.70.